The van der Waals surface area contributed by atoms with E-state index < -0.39 is 0 Å². The first-order valence-electron chi connectivity index (χ1n) is 10.4. The van der Waals surface area contributed by atoms with E-state index in [-0.39, 0.29) is 30.1 Å². The smallest absolute Gasteiger partial charge is 0.191 e. The van der Waals surface area contributed by atoms with Gasteiger partial charge in [-0.25, -0.2) is 0 Å². The standard InChI is InChI=1S/C22H37N3O3.HI/c1-17(2)28-21-14-18(3)6-7-20(21)15-25-22(23-4)24-10-5-11-27-16-19-8-12-26-13-9-19;/h6-7,14,17,19H,5,8-13,15-16H2,1-4H3,(H2,23,24,25);1H. The Morgan fingerprint density at radius 2 is 2.00 bits per heavy atom. The minimum atomic E-state index is 0. The Labute approximate surface area is 193 Å². The Morgan fingerprint density at radius 3 is 2.69 bits per heavy atom. The van der Waals surface area contributed by atoms with Crippen molar-refractivity contribution in [1.82, 2.24) is 10.6 Å². The number of halogens is 1. The number of hydrogen-bond donors (Lipinski definition) is 2. The molecular weight excluding hydrogens is 481 g/mol. The molecule has 0 bridgehead atoms. The first kappa shape index (κ1) is 26.0. The molecule has 1 aromatic rings. The molecule has 0 atom stereocenters. The van der Waals surface area contributed by atoms with E-state index in [4.69, 9.17) is 14.2 Å². The summed E-state index contributed by atoms with van der Waals surface area (Å²) in [4.78, 5) is 4.30. The van der Waals surface area contributed by atoms with Crippen LogP contribution in [0, 0.1) is 12.8 Å². The van der Waals surface area contributed by atoms with Crippen molar-refractivity contribution < 1.29 is 14.2 Å². The lowest BCUT2D eigenvalue weighted by Gasteiger charge is -2.21. The lowest BCUT2D eigenvalue weighted by atomic mass is 10.0. The lowest BCUT2D eigenvalue weighted by molar-refractivity contribution is 0.0203. The monoisotopic (exact) mass is 519 g/mol. The van der Waals surface area contributed by atoms with Gasteiger partial charge in [-0.05, 0) is 57.6 Å². The summed E-state index contributed by atoms with van der Waals surface area (Å²) in [6.45, 7) is 11.0. The highest BCUT2D eigenvalue weighted by Crippen LogP contribution is 2.21. The van der Waals surface area contributed by atoms with E-state index in [1.54, 1.807) is 7.05 Å². The third-order valence-electron chi connectivity index (χ3n) is 4.71. The van der Waals surface area contributed by atoms with Crippen LogP contribution in [0.4, 0.5) is 0 Å². The van der Waals surface area contributed by atoms with Gasteiger partial charge in [-0.3, -0.25) is 4.99 Å². The van der Waals surface area contributed by atoms with Crippen LogP contribution in [0.25, 0.3) is 0 Å². The van der Waals surface area contributed by atoms with Crippen LogP contribution in [0.2, 0.25) is 0 Å². The normalized spacial score (nSPS) is 15.1. The van der Waals surface area contributed by atoms with Gasteiger partial charge >= 0.3 is 0 Å². The average Bonchev–Trinajstić information content (AvgIpc) is 2.68. The van der Waals surface area contributed by atoms with Crippen LogP contribution >= 0.6 is 24.0 Å². The van der Waals surface area contributed by atoms with Crippen LogP contribution in [0.3, 0.4) is 0 Å². The number of hydrogen-bond acceptors (Lipinski definition) is 4. The molecule has 1 aromatic carbocycles. The molecule has 2 N–H and O–H groups in total. The van der Waals surface area contributed by atoms with Crippen molar-refractivity contribution in [3.8, 4) is 5.75 Å². The van der Waals surface area contributed by atoms with Crippen LogP contribution in [0.1, 0.15) is 44.2 Å². The minimum Gasteiger partial charge on any atom is -0.491 e. The molecule has 1 saturated heterocycles. The predicted molar refractivity (Wildman–Crippen MR) is 130 cm³/mol. The zero-order valence-corrected chi connectivity index (χ0v) is 20.7. The van der Waals surface area contributed by atoms with Crippen LogP contribution in [-0.2, 0) is 16.0 Å². The Bertz CT molecular complexity index is 605. The molecule has 0 aromatic heterocycles. The Balaban J connectivity index is 0.00000420. The molecule has 2 rings (SSSR count). The minimum absolute atomic E-state index is 0. The molecule has 166 valence electrons. The highest BCUT2D eigenvalue weighted by atomic mass is 127. The summed E-state index contributed by atoms with van der Waals surface area (Å²) < 4.78 is 17.1. The van der Waals surface area contributed by atoms with E-state index >= 15 is 0 Å². The number of ether oxygens (including phenoxy) is 3. The summed E-state index contributed by atoms with van der Waals surface area (Å²) >= 11 is 0. The Kier molecular flexibility index (Phi) is 13.3. The molecular formula is C22H38IN3O3. The molecule has 1 fully saturated rings. The summed E-state index contributed by atoms with van der Waals surface area (Å²) in [6.07, 6.45) is 3.35. The van der Waals surface area contributed by atoms with Crippen LogP contribution in [0.5, 0.6) is 5.75 Å². The number of aryl methyl sites for hydroxylation is 1. The number of aliphatic imine (C=N–C) groups is 1. The van der Waals surface area contributed by atoms with Crippen molar-refractivity contribution in [3.05, 3.63) is 29.3 Å². The zero-order valence-electron chi connectivity index (χ0n) is 18.3. The summed E-state index contributed by atoms with van der Waals surface area (Å²) in [6, 6.07) is 6.30. The molecule has 0 amide bonds. The first-order valence-corrected chi connectivity index (χ1v) is 10.4. The van der Waals surface area contributed by atoms with Crippen LogP contribution < -0.4 is 15.4 Å². The maximum Gasteiger partial charge on any atom is 0.191 e. The molecule has 1 aliphatic rings. The first-order chi connectivity index (χ1) is 13.6. The van der Waals surface area contributed by atoms with E-state index in [0.717, 1.165) is 69.5 Å². The Hall–Kier alpha value is -1.06. The molecule has 0 spiro atoms. The topological polar surface area (TPSA) is 64.1 Å². The zero-order chi connectivity index (χ0) is 20.2. The van der Waals surface area contributed by atoms with E-state index in [0.29, 0.717) is 12.5 Å². The lowest BCUT2D eigenvalue weighted by Crippen LogP contribution is -2.37. The molecule has 29 heavy (non-hydrogen) atoms. The summed E-state index contributed by atoms with van der Waals surface area (Å²) in [5, 5.41) is 6.71. The second kappa shape index (κ2) is 14.8. The molecule has 0 aliphatic carbocycles. The average molecular weight is 519 g/mol. The molecule has 0 unspecified atom stereocenters. The van der Waals surface area contributed by atoms with Crippen molar-refractivity contribution in [2.75, 3.05) is 40.0 Å². The maximum absolute atomic E-state index is 5.94. The number of guanidine groups is 1. The molecule has 1 heterocycles. The van der Waals surface area contributed by atoms with Gasteiger partial charge in [0.25, 0.3) is 0 Å². The highest BCUT2D eigenvalue weighted by Gasteiger charge is 2.13. The van der Waals surface area contributed by atoms with Crippen molar-refractivity contribution in [3.63, 3.8) is 0 Å². The van der Waals surface area contributed by atoms with Gasteiger partial charge in [0, 0.05) is 52.1 Å². The van der Waals surface area contributed by atoms with Gasteiger partial charge in [-0.15, -0.1) is 24.0 Å². The fraction of sp³-hybridized carbons (Fsp3) is 0.682. The van der Waals surface area contributed by atoms with E-state index in [1.165, 1.54) is 5.56 Å². The number of nitrogens with zero attached hydrogens (tertiary/aromatic N) is 1. The summed E-state index contributed by atoms with van der Waals surface area (Å²) in [7, 11) is 1.79. The quantitative estimate of drug-likeness (QED) is 0.213. The Morgan fingerprint density at radius 1 is 1.24 bits per heavy atom. The molecule has 7 heteroatoms. The third kappa shape index (κ3) is 10.5. The second-order valence-electron chi connectivity index (χ2n) is 7.61. The predicted octanol–water partition coefficient (Wildman–Crippen LogP) is 3.90. The number of nitrogens with one attached hydrogen (secondary N) is 2. The number of benzene rings is 1. The third-order valence-corrected chi connectivity index (χ3v) is 4.71. The van der Waals surface area contributed by atoms with Gasteiger partial charge in [-0.1, -0.05) is 12.1 Å². The van der Waals surface area contributed by atoms with Crippen molar-refractivity contribution in [1.29, 1.82) is 0 Å². The molecule has 1 aliphatic heterocycles. The molecule has 0 saturated carbocycles. The van der Waals surface area contributed by atoms with Gasteiger partial charge in [0.2, 0.25) is 0 Å². The van der Waals surface area contributed by atoms with E-state index in [1.807, 2.05) is 13.8 Å². The van der Waals surface area contributed by atoms with Gasteiger partial charge in [-0.2, -0.15) is 0 Å². The van der Waals surface area contributed by atoms with Gasteiger partial charge in [0.1, 0.15) is 5.75 Å². The fourth-order valence-corrected chi connectivity index (χ4v) is 3.12. The van der Waals surface area contributed by atoms with Crippen molar-refractivity contribution in [2.45, 2.75) is 52.7 Å². The number of rotatable bonds is 10. The molecule has 0 radical (unpaired) electrons. The van der Waals surface area contributed by atoms with E-state index in [9.17, 15) is 0 Å². The highest BCUT2D eigenvalue weighted by molar-refractivity contribution is 14.0. The summed E-state index contributed by atoms with van der Waals surface area (Å²) in [5.41, 5.74) is 2.32. The SMILES string of the molecule is CN=C(NCCCOCC1CCOCC1)NCc1ccc(C)cc1OC(C)C.I. The van der Waals surface area contributed by atoms with Crippen LogP contribution in [0.15, 0.2) is 23.2 Å². The second-order valence-corrected chi connectivity index (χ2v) is 7.61. The largest absolute Gasteiger partial charge is 0.491 e. The van der Waals surface area contributed by atoms with Crippen molar-refractivity contribution >= 4 is 29.9 Å². The van der Waals surface area contributed by atoms with Crippen molar-refractivity contribution in [2.24, 2.45) is 10.9 Å². The summed E-state index contributed by atoms with van der Waals surface area (Å²) in [5.74, 6) is 2.38. The maximum atomic E-state index is 5.94. The van der Waals surface area contributed by atoms with Gasteiger partial charge in [0.15, 0.2) is 5.96 Å². The van der Waals surface area contributed by atoms with E-state index in [2.05, 4.69) is 40.7 Å². The van der Waals surface area contributed by atoms with Gasteiger partial charge < -0.3 is 24.8 Å². The molecule has 6 nitrogen and oxygen atoms in total. The van der Waals surface area contributed by atoms with Gasteiger partial charge in [0.05, 0.1) is 6.10 Å². The van der Waals surface area contributed by atoms with Crippen LogP contribution in [-0.4, -0.2) is 52.1 Å². The fourth-order valence-electron chi connectivity index (χ4n) is 3.12.